The van der Waals surface area contributed by atoms with Crippen LogP contribution in [0.5, 0.6) is 0 Å². The van der Waals surface area contributed by atoms with E-state index in [0.717, 1.165) is 23.7 Å². The van der Waals surface area contributed by atoms with Gasteiger partial charge in [0.15, 0.2) is 11.8 Å². The molecular formula is C18H34IN7. The van der Waals surface area contributed by atoms with E-state index in [-0.39, 0.29) is 24.0 Å². The van der Waals surface area contributed by atoms with Crippen LogP contribution >= 0.6 is 24.0 Å². The summed E-state index contributed by atoms with van der Waals surface area (Å²) in [5.41, 5.74) is 0. The molecule has 0 radical (unpaired) electrons. The molecule has 7 nitrogen and oxygen atoms in total. The smallest absolute Gasteiger partial charge is 0.191 e. The minimum absolute atomic E-state index is 0. The lowest BCUT2D eigenvalue weighted by Gasteiger charge is -2.39. The number of nitrogens with zero attached hydrogens (tertiary/aromatic N) is 5. The second-order valence-electron chi connectivity index (χ2n) is 7.39. The van der Waals surface area contributed by atoms with Crippen molar-refractivity contribution in [1.29, 1.82) is 0 Å². The molecule has 2 heterocycles. The molecule has 1 aromatic rings. The molecule has 0 bridgehead atoms. The molecule has 1 saturated heterocycles. The number of piperidine rings is 1. The zero-order valence-electron chi connectivity index (χ0n) is 16.4. The Morgan fingerprint density at radius 2 is 1.81 bits per heavy atom. The van der Waals surface area contributed by atoms with Crippen molar-refractivity contribution in [3.05, 3.63) is 11.6 Å². The van der Waals surface area contributed by atoms with E-state index in [1.54, 1.807) is 0 Å². The molecule has 8 heteroatoms. The zero-order chi connectivity index (χ0) is 17.6. The Balaban J connectivity index is 0.00000243. The molecule has 0 unspecified atom stereocenters. The highest BCUT2D eigenvalue weighted by atomic mass is 127. The Labute approximate surface area is 174 Å². The molecular weight excluding hydrogens is 441 g/mol. The fourth-order valence-corrected chi connectivity index (χ4v) is 4.01. The van der Waals surface area contributed by atoms with E-state index in [1.807, 2.05) is 25.6 Å². The van der Waals surface area contributed by atoms with Gasteiger partial charge in [0.25, 0.3) is 0 Å². The van der Waals surface area contributed by atoms with E-state index in [4.69, 9.17) is 0 Å². The van der Waals surface area contributed by atoms with E-state index in [1.165, 1.54) is 58.0 Å². The third kappa shape index (κ3) is 5.55. The van der Waals surface area contributed by atoms with Gasteiger partial charge in [-0.25, -0.2) is 0 Å². The minimum Gasteiger partial charge on any atom is -0.354 e. The van der Waals surface area contributed by atoms with Crippen molar-refractivity contribution < 1.29 is 0 Å². The van der Waals surface area contributed by atoms with Crippen molar-refractivity contribution in [2.45, 2.75) is 70.5 Å². The summed E-state index contributed by atoms with van der Waals surface area (Å²) in [7, 11) is 3.82. The Morgan fingerprint density at radius 3 is 2.38 bits per heavy atom. The molecule has 0 spiro atoms. The first kappa shape index (κ1) is 21.4. The molecule has 1 aliphatic carbocycles. The number of hydrogen-bond acceptors (Lipinski definition) is 4. The molecule has 1 saturated carbocycles. The summed E-state index contributed by atoms with van der Waals surface area (Å²) >= 11 is 0. The summed E-state index contributed by atoms with van der Waals surface area (Å²) in [6.45, 7) is 5.02. The van der Waals surface area contributed by atoms with E-state index in [2.05, 4.69) is 30.7 Å². The SMILES string of the molecule is CN=C(NCc1nnc(C)n1C)NC1CCN(C2CCCCC2)CC1.I. The summed E-state index contributed by atoms with van der Waals surface area (Å²) in [6.07, 6.45) is 9.46. The molecule has 2 N–H and O–H groups in total. The van der Waals surface area contributed by atoms with Crippen LogP contribution in [0.1, 0.15) is 56.6 Å². The molecule has 148 valence electrons. The lowest BCUT2D eigenvalue weighted by atomic mass is 9.92. The van der Waals surface area contributed by atoms with Gasteiger partial charge in [0.1, 0.15) is 5.82 Å². The molecule has 0 aromatic carbocycles. The van der Waals surface area contributed by atoms with Crippen molar-refractivity contribution >= 4 is 29.9 Å². The van der Waals surface area contributed by atoms with Gasteiger partial charge in [-0.15, -0.1) is 34.2 Å². The van der Waals surface area contributed by atoms with Crippen molar-refractivity contribution in [2.75, 3.05) is 20.1 Å². The number of nitrogens with one attached hydrogen (secondary N) is 2. The van der Waals surface area contributed by atoms with Crippen molar-refractivity contribution in [3.8, 4) is 0 Å². The van der Waals surface area contributed by atoms with Gasteiger partial charge in [-0.2, -0.15) is 0 Å². The van der Waals surface area contributed by atoms with Crippen LogP contribution < -0.4 is 10.6 Å². The average Bonchev–Trinajstić information content (AvgIpc) is 2.98. The van der Waals surface area contributed by atoms with Crippen LogP contribution in [0.3, 0.4) is 0 Å². The molecule has 0 atom stereocenters. The number of halogens is 1. The summed E-state index contributed by atoms with van der Waals surface area (Å²) < 4.78 is 2.00. The maximum atomic E-state index is 4.37. The Morgan fingerprint density at radius 1 is 1.12 bits per heavy atom. The lowest BCUT2D eigenvalue weighted by molar-refractivity contribution is 0.119. The van der Waals surface area contributed by atoms with Crippen LogP contribution in [0.4, 0.5) is 0 Å². The predicted octanol–water partition coefficient (Wildman–Crippen LogP) is 2.20. The standard InChI is InChI=1S/C18H33N7.HI/c1-14-22-23-17(24(14)3)13-20-18(19-2)21-15-9-11-25(12-10-15)16-7-5-4-6-8-16;/h15-16H,4-13H2,1-3H3,(H2,19,20,21);1H. The third-order valence-corrected chi connectivity index (χ3v) is 5.78. The fourth-order valence-electron chi connectivity index (χ4n) is 4.01. The van der Waals surface area contributed by atoms with Crippen LogP contribution in [0.2, 0.25) is 0 Å². The quantitative estimate of drug-likeness (QED) is 0.397. The highest BCUT2D eigenvalue weighted by Crippen LogP contribution is 2.25. The van der Waals surface area contributed by atoms with Gasteiger partial charge < -0.3 is 20.1 Å². The fraction of sp³-hybridized carbons (Fsp3) is 0.833. The zero-order valence-corrected chi connectivity index (χ0v) is 18.7. The van der Waals surface area contributed by atoms with Crippen LogP contribution in [-0.4, -0.2) is 57.8 Å². The second-order valence-corrected chi connectivity index (χ2v) is 7.39. The van der Waals surface area contributed by atoms with Gasteiger partial charge in [0.2, 0.25) is 0 Å². The van der Waals surface area contributed by atoms with Gasteiger partial charge in [-0.3, -0.25) is 4.99 Å². The van der Waals surface area contributed by atoms with Gasteiger partial charge in [-0.05, 0) is 32.6 Å². The Bertz CT molecular complexity index is 572. The number of aromatic nitrogens is 3. The topological polar surface area (TPSA) is 70.4 Å². The van der Waals surface area contributed by atoms with Crippen LogP contribution in [0.25, 0.3) is 0 Å². The summed E-state index contributed by atoms with van der Waals surface area (Å²) in [5, 5.41) is 15.2. The number of aryl methyl sites for hydroxylation is 1. The highest BCUT2D eigenvalue weighted by molar-refractivity contribution is 14.0. The van der Waals surface area contributed by atoms with E-state index in [9.17, 15) is 0 Å². The van der Waals surface area contributed by atoms with Crippen molar-refractivity contribution in [3.63, 3.8) is 0 Å². The normalized spacial score (nSPS) is 20.7. The number of aliphatic imine (C=N–C) groups is 1. The molecule has 2 fully saturated rings. The van der Waals surface area contributed by atoms with E-state index < -0.39 is 0 Å². The molecule has 0 amide bonds. The van der Waals surface area contributed by atoms with Crippen molar-refractivity contribution in [1.82, 2.24) is 30.3 Å². The third-order valence-electron chi connectivity index (χ3n) is 5.78. The first-order valence-electron chi connectivity index (χ1n) is 9.73. The van der Waals surface area contributed by atoms with Gasteiger partial charge in [0, 0.05) is 39.3 Å². The predicted molar refractivity (Wildman–Crippen MR) is 116 cm³/mol. The maximum absolute atomic E-state index is 4.37. The van der Waals surface area contributed by atoms with Gasteiger partial charge >= 0.3 is 0 Å². The van der Waals surface area contributed by atoms with Gasteiger partial charge in [0.05, 0.1) is 6.54 Å². The first-order valence-corrected chi connectivity index (χ1v) is 9.73. The number of likely N-dealkylation sites (tertiary alicyclic amines) is 1. The molecule has 2 aliphatic rings. The van der Waals surface area contributed by atoms with Crippen molar-refractivity contribution in [2.24, 2.45) is 12.0 Å². The highest BCUT2D eigenvalue weighted by Gasteiger charge is 2.26. The molecule has 1 aliphatic heterocycles. The van der Waals surface area contributed by atoms with Crippen LogP contribution in [0, 0.1) is 6.92 Å². The largest absolute Gasteiger partial charge is 0.354 e. The lowest BCUT2D eigenvalue weighted by Crippen LogP contribution is -2.50. The first-order chi connectivity index (χ1) is 12.2. The number of guanidine groups is 1. The van der Waals surface area contributed by atoms with E-state index in [0.29, 0.717) is 12.6 Å². The summed E-state index contributed by atoms with van der Waals surface area (Å²) in [5.74, 6) is 2.71. The average molecular weight is 475 g/mol. The van der Waals surface area contributed by atoms with E-state index >= 15 is 0 Å². The number of rotatable bonds is 4. The molecule has 26 heavy (non-hydrogen) atoms. The molecule has 1 aromatic heterocycles. The van der Waals surface area contributed by atoms with Crippen LogP contribution in [0.15, 0.2) is 4.99 Å². The maximum Gasteiger partial charge on any atom is 0.191 e. The summed E-state index contributed by atoms with van der Waals surface area (Å²) in [6, 6.07) is 1.35. The minimum atomic E-state index is 0. The number of hydrogen-bond donors (Lipinski definition) is 2. The second kappa shape index (κ2) is 10.4. The Kier molecular flexibility index (Phi) is 8.59. The monoisotopic (exact) mass is 475 g/mol. The van der Waals surface area contributed by atoms with Gasteiger partial charge in [-0.1, -0.05) is 19.3 Å². The Hall–Kier alpha value is -0.900. The summed E-state index contributed by atoms with van der Waals surface area (Å²) in [4.78, 5) is 7.08. The molecule has 3 rings (SSSR count). The van der Waals surface area contributed by atoms with Crippen LogP contribution in [-0.2, 0) is 13.6 Å².